The van der Waals surface area contributed by atoms with Crippen molar-refractivity contribution >= 4 is 110 Å². The summed E-state index contributed by atoms with van der Waals surface area (Å²) in [5, 5.41) is 12.1. The van der Waals surface area contributed by atoms with Gasteiger partial charge < -0.3 is 18.6 Å². The lowest BCUT2D eigenvalue weighted by Crippen LogP contribution is -2.12. The molecule has 0 N–H and O–H groups in total. The van der Waals surface area contributed by atoms with Crippen molar-refractivity contribution in [2.45, 2.75) is 90.9 Å². The Morgan fingerprint density at radius 3 is 1.14 bits per heavy atom. The molecule has 0 radical (unpaired) electrons. The van der Waals surface area contributed by atoms with Crippen molar-refractivity contribution in [3.8, 4) is 0 Å². The summed E-state index contributed by atoms with van der Waals surface area (Å²) < 4.78 is 14.4. The van der Waals surface area contributed by atoms with Crippen molar-refractivity contribution in [1.82, 2.24) is 0 Å². The van der Waals surface area contributed by atoms with Gasteiger partial charge in [0, 0.05) is 43.7 Å². The van der Waals surface area contributed by atoms with Crippen molar-refractivity contribution in [2.24, 2.45) is 0 Å². The molecule has 0 saturated heterocycles. The molecule has 0 aliphatic heterocycles. The highest BCUT2D eigenvalue weighted by molar-refractivity contribution is 6.29. The standard InChI is InChI=1S/C66H56N2O2/c1-39-25-31-47(37-41(39)3)67(59-23-11-21-53-51-19-9-17-49(43-13-5-6-14-43)63(51)69-65(53)59)57-35-29-45-28-34-56-58(36-30-46-27-33-55(57)61(45)62(46)56)68(48-32-26-40(2)42(4)38-48)60-24-12-22-54-52-20-10-18-50(44-15-7-8-16-44)64(52)70-66(54)60/h9-12,17-38,43-44H,5-8,13-16H2,1-4H3. The number of hydrogen-bond donors (Lipinski definition) is 0. The average molecular weight is 909 g/mol. The minimum absolute atomic E-state index is 0.540. The third kappa shape index (κ3) is 6.28. The molecule has 2 aromatic heterocycles. The number of nitrogens with zero attached hydrogens (tertiary/aromatic N) is 2. The summed E-state index contributed by atoms with van der Waals surface area (Å²) >= 11 is 0. The van der Waals surface area contributed by atoms with Crippen LogP contribution in [0.15, 0.2) is 167 Å². The van der Waals surface area contributed by atoms with Gasteiger partial charge in [0.05, 0.1) is 22.7 Å². The van der Waals surface area contributed by atoms with Crippen molar-refractivity contribution in [2.75, 3.05) is 9.80 Å². The monoisotopic (exact) mass is 908 g/mol. The van der Waals surface area contributed by atoms with Crippen LogP contribution in [0.1, 0.15) is 96.6 Å². The molecule has 2 aliphatic rings. The van der Waals surface area contributed by atoms with Gasteiger partial charge in [-0.3, -0.25) is 0 Å². The Kier molecular flexibility index (Phi) is 9.47. The molecule has 12 aromatic rings. The summed E-state index contributed by atoms with van der Waals surface area (Å²) in [7, 11) is 0. The Morgan fingerprint density at radius 2 is 0.729 bits per heavy atom. The smallest absolute Gasteiger partial charge is 0.159 e. The molecule has 14 rings (SSSR count). The molecule has 10 aromatic carbocycles. The van der Waals surface area contributed by atoms with Gasteiger partial charge in [-0.2, -0.15) is 0 Å². The number of aryl methyl sites for hydroxylation is 4. The largest absolute Gasteiger partial charge is 0.454 e. The van der Waals surface area contributed by atoms with E-state index in [-0.39, 0.29) is 0 Å². The number of rotatable bonds is 8. The molecular formula is C66H56N2O2. The Morgan fingerprint density at radius 1 is 0.343 bits per heavy atom. The zero-order valence-electron chi connectivity index (χ0n) is 40.5. The molecule has 2 fully saturated rings. The predicted molar refractivity (Wildman–Crippen MR) is 295 cm³/mol. The molecule has 4 heteroatoms. The van der Waals surface area contributed by atoms with Crippen LogP contribution in [0.2, 0.25) is 0 Å². The van der Waals surface area contributed by atoms with Gasteiger partial charge in [-0.15, -0.1) is 0 Å². The van der Waals surface area contributed by atoms with Crippen LogP contribution < -0.4 is 9.80 Å². The summed E-state index contributed by atoms with van der Waals surface area (Å²) in [6.45, 7) is 8.84. The van der Waals surface area contributed by atoms with Crippen LogP contribution in [0.4, 0.5) is 34.1 Å². The summed E-state index contributed by atoms with van der Waals surface area (Å²) in [4.78, 5) is 4.92. The minimum Gasteiger partial charge on any atom is -0.454 e. The van der Waals surface area contributed by atoms with Gasteiger partial charge in [-0.25, -0.2) is 0 Å². The van der Waals surface area contributed by atoms with Gasteiger partial charge >= 0.3 is 0 Å². The normalized spacial score (nSPS) is 14.9. The lowest BCUT2D eigenvalue weighted by molar-refractivity contribution is 0.643. The third-order valence-corrected chi connectivity index (χ3v) is 16.7. The summed E-state index contributed by atoms with van der Waals surface area (Å²) in [5.74, 6) is 1.08. The quantitative estimate of drug-likeness (QED) is 0.142. The lowest BCUT2D eigenvalue weighted by atomic mass is 9.91. The van der Waals surface area contributed by atoms with E-state index in [9.17, 15) is 0 Å². The zero-order valence-corrected chi connectivity index (χ0v) is 40.5. The first kappa shape index (κ1) is 41.4. The summed E-state index contributed by atoms with van der Waals surface area (Å²) in [6, 6.07) is 59.4. The number of fused-ring (bicyclic) bond motifs is 6. The van der Waals surface area contributed by atoms with Crippen molar-refractivity contribution in [3.63, 3.8) is 0 Å². The van der Waals surface area contributed by atoms with Crippen LogP contribution in [0.25, 0.3) is 76.2 Å². The van der Waals surface area contributed by atoms with E-state index in [1.165, 1.54) is 128 Å². The molecule has 0 amide bonds. The van der Waals surface area contributed by atoms with Gasteiger partial charge in [0.1, 0.15) is 11.2 Å². The molecule has 342 valence electrons. The van der Waals surface area contributed by atoms with Gasteiger partial charge in [-0.05, 0) is 169 Å². The van der Waals surface area contributed by atoms with E-state index in [2.05, 4.69) is 195 Å². The fraction of sp³-hybridized carbons (Fsp3) is 0.212. The highest BCUT2D eigenvalue weighted by Crippen LogP contribution is 2.52. The van der Waals surface area contributed by atoms with Crippen LogP contribution in [0.5, 0.6) is 0 Å². The van der Waals surface area contributed by atoms with Crippen LogP contribution in [0, 0.1) is 27.7 Å². The fourth-order valence-corrected chi connectivity index (χ4v) is 12.8. The first-order valence-corrected chi connectivity index (χ1v) is 25.7. The maximum Gasteiger partial charge on any atom is 0.159 e. The Bertz CT molecular complexity index is 3780. The molecule has 0 spiro atoms. The molecular weight excluding hydrogens is 853 g/mol. The van der Waals surface area contributed by atoms with Gasteiger partial charge in [0.25, 0.3) is 0 Å². The number of benzene rings is 10. The Labute approximate surface area is 409 Å². The van der Waals surface area contributed by atoms with E-state index >= 15 is 0 Å². The molecule has 0 bridgehead atoms. The van der Waals surface area contributed by atoms with E-state index in [1.807, 2.05) is 0 Å². The molecule has 0 atom stereocenters. The van der Waals surface area contributed by atoms with Crippen LogP contribution in [-0.4, -0.2) is 0 Å². The number of hydrogen-bond acceptors (Lipinski definition) is 4. The summed E-state index contributed by atoms with van der Waals surface area (Å²) in [6.07, 6.45) is 10.0. The van der Waals surface area contributed by atoms with E-state index in [0.717, 1.165) is 67.2 Å². The van der Waals surface area contributed by atoms with E-state index < -0.39 is 0 Å². The second kappa shape index (κ2) is 16.0. The highest BCUT2D eigenvalue weighted by Gasteiger charge is 2.29. The number of para-hydroxylation sites is 4. The van der Waals surface area contributed by atoms with Crippen LogP contribution >= 0.6 is 0 Å². The second-order valence-corrected chi connectivity index (χ2v) is 20.7. The minimum atomic E-state index is 0.540. The summed E-state index contributed by atoms with van der Waals surface area (Å²) in [5.41, 5.74) is 18.2. The molecule has 2 heterocycles. The first-order valence-electron chi connectivity index (χ1n) is 25.7. The fourth-order valence-electron chi connectivity index (χ4n) is 12.8. The molecule has 70 heavy (non-hydrogen) atoms. The lowest BCUT2D eigenvalue weighted by Gasteiger charge is -2.29. The van der Waals surface area contributed by atoms with Crippen LogP contribution in [-0.2, 0) is 0 Å². The van der Waals surface area contributed by atoms with Crippen molar-refractivity contribution in [3.05, 3.63) is 191 Å². The number of furan rings is 2. The van der Waals surface area contributed by atoms with E-state index in [1.54, 1.807) is 0 Å². The highest BCUT2D eigenvalue weighted by atomic mass is 16.3. The van der Waals surface area contributed by atoms with Gasteiger partial charge in [-0.1, -0.05) is 135 Å². The Hall–Kier alpha value is -7.56. The maximum absolute atomic E-state index is 7.20. The first-order chi connectivity index (χ1) is 34.4. The number of anilines is 6. The second-order valence-electron chi connectivity index (χ2n) is 20.7. The Balaban J connectivity index is 1.01. The zero-order chi connectivity index (χ0) is 46.8. The topological polar surface area (TPSA) is 32.8 Å². The van der Waals surface area contributed by atoms with E-state index in [4.69, 9.17) is 8.83 Å². The van der Waals surface area contributed by atoms with E-state index in [0.29, 0.717) is 11.8 Å². The molecule has 4 nitrogen and oxygen atoms in total. The van der Waals surface area contributed by atoms with Crippen molar-refractivity contribution < 1.29 is 8.83 Å². The predicted octanol–water partition coefficient (Wildman–Crippen LogP) is 19.9. The van der Waals surface area contributed by atoms with Crippen molar-refractivity contribution in [1.29, 1.82) is 0 Å². The van der Waals surface area contributed by atoms with Crippen LogP contribution in [0.3, 0.4) is 0 Å². The SMILES string of the molecule is Cc1ccc(N(c2ccc3ccc4c(N(c5ccc(C)c(C)c5)c5cccc6c5oc5c(C7CCCC7)cccc56)ccc5ccc2c3c54)c2cccc3c2oc2c(C4CCCC4)cccc23)cc1C. The maximum atomic E-state index is 7.20. The molecule has 2 saturated carbocycles. The average Bonchev–Trinajstić information content (AvgIpc) is 4.24. The molecule has 0 unspecified atom stereocenters. The van der Waals surface area contributed by atoms with Gasteiger partial charge in [0.15, 0.2) is 11.2 Å². The third-order valence-electron chi connectivity index (χ3n) is 16.7. The molecule has 2 aliphatic carbocycles. The van der Waals surface area contributed by atoms with Gasteiger partial charge in [0.2, 0.25) is 0 Å².